The zero-order chi connectivity index (χ0) is 18.8. The van der Waals surface area contributed by atoms with E-state index in [1.54, 1.807) is 11.0 Å². The summed E-state index contributed by atoms with van der Waals surface area (Å²) in [5, 5.41) is 20.5. The third-order valence-electron chi connectivity index (χ3n) is 4.03. The predicted octanol–water partition coefficient (Wildman–Crippen LogP) is 2.53. The molecule has 25 heavy (non-hydrogen) atoms. The van der Waals surface area contributed by atoms with Crippen molar-refractivity contribution in [3.63, 3.8) is 0 Å². The van der Waals surface area contributed by atoms with Crippen molar-refractivity contribution in [1.29, 1.82) is 0 Å². The van der Waals surface area contributed by atoms with Crippen molar-refractivity contribution in [3.05, 3.63) is 33.9 Å². The van der Waals surface area contributed by atoms with Gasteiger partial charge in [-0.2, -0.15) is 0 Å². The van der Waals surface area contributed by atoms with Crippen LogP contribution in [0.15, 0.2) is 18.2 Å². The van der Waals surface area contributed by atoms with Crippen LogP contribution in [0.25, 0.3) is 0 Å². The zero-order valence-electron chi connectivity index (χ0n) is 15.1. The Balaban J connectivity index is 2.14. The van der Waals surface area contributed by atoms with Crippen molar-refractivity contribution in [1.82, 2.24) is 4.90 Å². The van der Waals surface area contributed by atoms with Gasteiger partial charge in [0, 0.05) is 49.1 Å². The van der Waals surface area contributed by atoms with Gasteiger partial charge >= 0.3 is 6.09 Å². The third kappa shape index (κ3) is 4.60. The van der Waals surface area contributed by atoms with Gasteiger partial charge in [0.25, 0.3) is 5.69 Å². The van der Waals surface area contributed by atoms with E-state index in [1.807, 2.05) is 27.7 Å². The lowest BCUT2D eigenvalue weighted by molar-refractivity contribution is -0.384. The molecule has 0 aliphatic carbocycles. The first-order valence-electron chi connectivity index (χ1n) is 8.25. The highest BCUT2D eigenvalue weighted by molar-refractivity contribution is 5.69. The Labute approximate surface area is 147 Å². The van der Waals surface area contributed by atoms with E-state index in [4.69, 9.17) is 4.74 Å². The Morgan fingerprint density at radius 2 is 2.08 bits per heavy atom. The number of amides is 1. The van der Waals surface area contributed by atoms with Gasteiger partial charge in [-0.3, -0.25) is 10.1 Å². The number of carbonyl (C=O) groups excluding carboxylic acids is 1. The van der Waals surface area contributed by atoms with Crippen molar-refractivity contribution >= 4 is 17.5 Å². The molecular formula is C17H25N3O5. The highest BCUT2D eigenvalue weighted by atomic mass is 16.6. The van der Waals surface area contributed by atoms with Crippen LogP contribution in [0.4, 0.5) is 16.2 Å². The molecule has 0 aromatic heterocycles. The lowest BCUT2D eigenvalue weighted by Crippen LogP contribution is -2.54. The molecule has 8 nitrogen and oxygen atoms in total. The molecule has 2 rings (SSSR count). The Hall–Kier alpha value is -2.35. The molecule has 0 saturated carbocycles. The van der Waals surface area contributed by atoms with Crippen molar-refractivity contribution in [3.8, 4) is 0 Å². The van der Waals surface area contributed by atoms with E-state index in [9.17, 15) is 20.0 Å². The normalized spacial score (nSPS) is 18.2. The van der Waals surface area contributed by atoms with Crippen LogP contribution in [-0.4, -0.2) is 52.3 Å². The molecule has 1 aliphatic rings. The summed E-state index contributed by atoms with van der Waals surface area (Å²) in [5.41, 5.74) is 0.670. The molecule has 1 unspecified atom stereocenters. The standard InChI is InChI=1S/C17H25N3O5/c1-12-10-18(16(22)25-17(2,3)4)7-8-19(12)15-6-5-14(20(23)24)9-13(15)11-21/h5-6,9,12,21H,7-8,10-11H2,1-4H3. The number of piperazine rings is 1. The molecule has 1 N–H and O–H groups in total. The van der Waals surface area contributed by atoms with Crippen molar-refractivity contribution in [2.24, 2.45) is 0 Å². The first-order valence-corrected chi connectivity index (χ1v) is 8.25. The molecule has 1 heterocycles. The minimum absolute atomic E-state index is 0.00646. The summed E-state index contributed by atoms with van der Waals surface area (Å²) in [5.74, 6) is 0. The van der Waals surface area contributed by atoms with E-state index in [1.165, 1.54) is 12.1 Å². The summed E-state index contributed by atoms with van der Waals surface area (Å²) >= 11 is 0. The Morgan fingerprint density at radius 1 is 1.40 bits per heavy atom. The fourth-order valence-corrected chi connectivity index (χ4v) is 2.90. The summed E-state index contributed by atoms with van der Waals surface area (Å²) < 4.78 is 5.41. The van der Waals surface area contributed by atoms with Crippen LogP contribution >= 0.6 is 0 Å². The second-order valence-corrected chi connectivity index (χ2v) is 7.20. The van der Waals surface area contributed by atoms with Gasteiger partial charge < -0.3 is 19.6 Å². The number of carbonyl (C=O) groups is 1. The molecule has 1 saturated heterocycles. The molecular weight excluding hydrogens is 326 g/mol. The number of nitrogens with zero attached hydrogens (tertiary/aromatic N) is 3. The van der Waals surface area contributed by atoms with Crippen molar-refractivity contribution < 1.29 is 19.6 Å². The van der Waals surface area contributed by atoms with Gasteiger partial charge in [-0.15, -0.1) is 0 Å². The highest BCUT2D eigenvalue weighted by Crippen LogP contribution is 2.29. The summed E-state index contributed by atoms with van der Waals surface area (Å²) in [6.45, 7) is 8.71. The maximum Gasteiger partial charge on any atom is 0.410 e. The third-order valence-corrected chi connectivity index (χ3v) is 4.03. The predicted molar refractivity (Wildman–Crippen MR) is 93.6 cm³/mol. The van der Waals surface area contributed by atoms with E-state index in [0.717, 1.165) is 5.69 Å². The molecule has 0 radical (unpaired) electrons. The Bertz CT molecular complexity index is 656. The van der Waals surface area contributed by atoms with Crippen molar-refractivity contribution in [2.75, 3.05) is 24.5 Å². The minimum Gasteiger partial charge on any atom is -0.444 e. The summed E-state index contributed by atoms with van der Waals surface area (Å²) in [6, 6.07) is 4.47. The second kappa shape index (κ2) is 7.26. The fourth-order valence-electron chi connectivity index (χ4n) is 2.90. The molecule has 0 spiro atoms. The van der Waals surface area contributed by atoms with Crippen LogP contribution in [0.2, 0.25) is 0 Å². The topological polar surface area (TPSA) is 96.2 Å². The number of benzene rings is 1. The first-order chi connectivity index (χ1) is 11.6. The van der Waals surface area contributed by atoms with Crippen LogP contribution in [0, 0.1) is 10.1 Å². The maximum atomic E-state index is 12.2. The van der Waals surface area contributed by atoms with Crippen LogP contribution in [0.3, 0.4) is 0 Å². The van der Waals surface area contributed by atoms with Gasteiger partial charge in [-0.1, -0.05) is 0 Å². The van der Waals surface area contributed by atoms with Gasteiger partial charge in [0.05, 0.1) is 11.5 Å². The molecule has 1 aromatic carbocycles. The summed E-state index contributed by atoms with van der Waals surface area (Å²) in [6.07, 6.45) is -0.343. The molecule has 0 bridgehead atoms. The lowest BCUT2D eigenvalue weighted by atomic mass is 10.1. The molecule has 1 amide bonds. The number of nitro benzene ring substituents is 1. The molecule has 8 heteroatoms. The van der Waals surface area contributed by atoms with Gasteiger partial charge in [0.15, 0.2) is 0 Å². The number of non-ortho nitro benzene ring substituents is 1. The fraction of sp³-hybridized carbons (Fsp3) is 0.588. The molecule has 1 aliphatic heterocycles. The van der Waals surface area contributed by atoms with E-state index in [0.29, 0.717) is 25.2 Å². The second-order valence-electron chi connectivity index (χ2n) is 7.20. The summed E-state index contributed by atoms with van der Waals surface area (Å²) in [4.78, 5) is 26.4. The zero-order valence-corrected chi connectivity index (χ0v) is 15.1. The number of hydrogen-bond acceptors (Lipinski definition) is 6. The number of rotatable bonds is 3. The smallest absolute Gasteiger partial charge is 0.410 e. The number of ether oxygens (including phenoxy) is 1. The van der Waals surface area contributed by atoms with Crippen LogP contribution in [-0.2, 0) is 11.3 Å². The van der Waals surface area contributed by atoms with Crippen LogP contribution in [0.1, 0.15) is 33.3 Å². The largest absolute Gasteiger partial charge is 0.444 e. The van der Waals surface area contributed by atoms with E-state index >= 15 is 0 Å². The van der Waals surface area contributed by atoms with Crippen molar-refractivity contribution in [2.45, 2.75) is 45.9 Å². The molecule has 138 valence electrons. The first kappa shape index (κ1) is 19.0. The van der Waals surface area contributed by atoms with Gasteiger partial charge in [0.2, 0.25) is 0 Å². The molecule has 1 aromatic rings. The summed E-state index contributed by atoms with van der Waals surface area (Å²) in [7, 11) is 0. The molecule has 1 atom stereocenters. The number of aliphatic hydroxyl groups excluding tert-OH is 1. The number of nitro groups is 1. The quantitative estimate of drug-likeness (QED) is 0.664. The number of aliphatic hydroxyl groups is 1. The average molecular weight is 351 g/mol. The van der Waals surface area contributed by atoms with E-state index < -0.39 is 10.5 Å². The lowest BCUT2D eigenvalue weighted by Gasteiger charge is -2.42. The van der Waals surface area contributed by atoms with Crippen LogP contribution < -0.4 is 4.90 Å². The SMILES string of the molecule is CC1CN(C(=O)OC(C)(C)C)CCN1c1ccc([N+](=O)[O-])cc1CO. The van der Waals surface area contributed by atoms with Gasteiger partial charge in [-0.05, 0) is 33.8 Å². The van der Waals surface area contributed by atoms with Crippen LogP contribution in [0.5, 0.6) is 0 Å². The monoisotopic (exact) mass is 351 g/mol. The molecule has 1 fully saturated rings. The maximum absolute atomic E-state index is 12.2. The minimum atomic E-state index is -0.542. The average Bonchev–Trinajstić information content (AvgIpc) is 2.52. The van der Waals surface area contributed by atoms with Gasteiger partial charge in [0.1, 0.15) is 5.60 Å². The number of hydrogen-bond donors (Lipinski definition) is 1. The highest BCUT2D eigenvalue weighted by Gasteiger charge is 2.31. The number of anilines is 1. The van der Waals surface area contributed by atoms with E-state index in [-0.39, 0.29) is 24.4 Å². The van der Waals surface area contributed by atoms with E-state index in [2.05, 4.69) is 4.90 Å². The Morgan fingerprint density at radius 3 is 2.60 bits per heavy atom. The van der Waals surface area contributed by atoms with Gasteiger partial charge in [-0.25, -0.2) is 4.79 Å². The Kier molecular flexibility index (Phi) is 5.52.